The molecule has 6 nitrogen and oxygen atoms in total. The molecule has 1 unspecified atom stereocenters. The van der Waals surface area contributed by atoms with E-state index in [2.05, 4.69) is 10.3 Å². The molecular weight excluding hydrogens is 407 g/mol. The Morgan fingerprint density at radius 3 is 2.52 bits per heavy atom. The summed E-state index contributed by atoms with van der Waals surface area (Å²) in [6.07, 6.45) is -4.40. The Morgan fingerprint density at radius 1 is 1.24 bits per heavy atom. The van der Waals surface area contributed by atoms with E-state index < -0.39 is 17.8 Å². The van der Waals surface area contributed by atoms with Crippen LogP contribution in [0, 0.1) is 0 Å². The number of morpholine rings is 1. The number of ether oxygens (including phenoxy) is 1. The van der Waals surface area contributed by atoms with Crippen LogP contribution in [-0.4, -0.2) is 54.0 Å². The van der Waals surface area contributed by atoms with Crippen molar-refractivity contribution in [1.29, 1.82) is 0 Å². The number of aromatic nitrogens is 1. The lowest BCUT2D eigenvalue weighted by molar-refractivity contribution is -0.139. The summed E-state index contributed by atoms with van der Waals surface area (Å²) >= 11 is 1.24. The molecule has 1 N–H and O–H groups in total. The van der Waals surface area contributed by atoms with Crippen LogP contribution in [0.3, 0.4) is 0 Å². The van der Waals surface area contributed by atoms with Crippen molar-refractivity contribution in [1.82, 2.24) is 15.2 Å². The lowest BCUT2D eigenvalue weighted by Crippen LogP contribution is -2.50. The van der Waals surface area contributed by atoms with Crippen LogP contribution < -0.4 is 5.32 Å². The average molecular weight is 427 g/mol. The largest absolute Gasteiger partial charge is 0.416 e. The van der Waals surface area contributed by atoms with Crippen LogP contribution in [0.4, 0.5) is 13.2 Å². The summed E-state index contributed by atoms with van der Waals surface area (Å²) < 4.78 is 43.2. The van der Waals surface area contributed by atoms with E-state index in [-0.39, 0.29) is 18.2 Å². The van der Waals surface area contributed by atoms with Crippen molar-refractivity contribution in [2.24, 2.45) is 0 Å². The van der Waals surface area contributed by atoms with E-state index in [4.69, 9.17) is 4.74 Å². The highest BCUT2D eigenvalue weighted by atomic mass is 32.1. The van der Waals surface area contributed by atoms with Crippen LogP contribution in [0.2, 0.25) is 0 Å². The van der Waals surface area contributed by atoms with Crippen molar-refractivity contribution in [3.05, 3.63) is 40.9 Å². The minimum Gasteiger partial charge on any atom is -0.378 e. The van der Waals surface area contributed by atoms with E-state index in [1.807, 2.05) is 0 Å². The summed E-state index contributed by atoms with van der Waals surface area (Å²) in [5.41, 5.74) is 0.315. The molecule has 2 amide bonds. The first-order valence-corrected chi connectivity index (χ1v) is 9.90. The van der Waals surface area contributed by atoms with Crippen LogP contribution in [0.15, 0.2) is 29.6 Å². The maximum Gasteiger partial charge on any atom is 0.416 e. The molecule has 1 saturated heterocycles. The number of halogens is 3. The van der Waals surface area contributed by atoms with Gasteiger partial charge in [-0.1, -0.05) is 12.1 Å². The maximum atomic E-state index is 12.7. The molecule has 1 aromatic heterocycles. The Balaban J connectivity index is 1.56. The number of nitrogens with one attached hydrogen (secondary N) is 1. The summed E-state index contributed by atoms with van der Waals surface area (Å²) in [6.45, 7) is 3.60. The van der Waals surface area contributed by atoms with Gasteiger partial charge in [-0.25, -0.2) is 4.98 Å². The van der Waals surface area contributed by atoms with Crippen molar-refractivity contribution in [2.45, 2.75) is 25.6 Å². The second kappa shape index (κ2) is 8.91. The Labute approximate surface area is 169 Å². The summed E-state index contributed by atoms with van der Waals surface area (Å²) in [6, 6.07) is 4.06. The first kappa shape index (κ1) is 21.3. The summed E-state index contributed by atoms with van der Waals surface area (Å²) in [7, 11) is 0. The SMILES string of the molecule is CC(NC(=O)Cc1csc(-c2ccc(C(F)(F)F)cc2)n1)C(=O)N1CCOCC1. The van der Waals surface area contributed by atoms with Gasteiger partial charge in [-0.2, -0.15) is 13.2 Å². The number of hydrogen-bond donors (Lipinski definition) is 1. The van der Waals surface area contributed by atoms with E-state index in [1.165, 1.54) is 23.5 Å². The number of amides is 2. The third-order valence-electron chi connectivity index (χ3n) is 4.42. The maximum absolute atomic E-state index is 12.7. The standard InChI is InChI=1S/C19H20F3N3O3S/c1-12(18(27)25-6-8-28-9-7-25)23-16(26)10-15-11-29-17(24-15)13-2-4-14(5-3-13)19(20,21)22/h2-5,11-12H,6-10H2,1H3,(H,23,26). The summed E-state index contributed by atoms with van der Waals surface area (Å²) in [4.78, 5) is 30.6. The molecule has 29 heavy (non-hydrogen) atoms. The van der Waals surface area contributed by atoms with Gasteiger partial charge in [0.15, 0.2) is 0 Å². The minimum atomic E-state index is -4.39. The first-order valence-electron chi connectivity index (χ1n) is 9.02. The van der Waals surface area contributed by atoms with E-state index >= 15 is 0 Å². The quantitative estimate of drug-likeness (QED) is 0.797. The number of hydrogen-bond acceptors (Lipinski definition) is 5. The van der Waals surface area contributed by atoms with E-state index in [1.54, 1.807) is 17.2 Å². The zero-order valence-corrected chi connectivity index (χ0v) is 16.5. The number of nitrogens with zero attached hydrogens (tertiary/aromatic N) is 2. The van der Waals surface area contributed by atoms with Gasteiger partial charge in [0.05, 0.1) is 30.9 Å². The highest BCUT2D eigenvalue weighted by Crippen LogP contribution is 2.31. The van der Waals surface area contributed by atoms with Gasteiger partial charge in [0.25, 0.3) is 0 Å². The Morgan fingerprint density at radius 2 is 1.90 bits per heavy atom. The van der Waals surface area contributed by atoms with Gasteiger partial charge in [-0.15, -0.1) is 11.3 Å². The Kier molecular flexibility index (Phi) is 6.53. The van der Waals surface area contributed by atoms with Crippen LogP contribution in [0.25, 0.3) is 10.6 Å². The number of carbonyl (C=O) groups is 2. The number of alkyl halides is 3. The minimum absolute atomic E-state index is 0.0160. The van der Waals surface area contributed by atoms with Gasteiger partial charge in [0.1, 0.15) is 11.0 Å². The summed E-state index contributed by atoms with van der Waals surface area (Å²) in [5, 5.41) is 4.88. The molecule has 0 saturated carbocycles. The molecule has 1 aromatic carbocycles. The fourth-order valence-corrected chi connectivity index (χ4v) is 3.72. The lowest BCUT2D eigenvalue weighted by Gasteiger charge is -2.29. The molecule has 1 fully saturated rings. The van der Waals surface area contributed by atoms with Crippen LogP contribution in [-0.2, 0) is 26.9 Å². The summed E-state index contributed by atoms with van der Waals surface area (Å²) in [5.74, 6) is -0.506. The highest BCUT2D eigenvalue weighted by Gasteiger charge is 2.30. The number of rotatable bonds is 5. The molecule has 1 atom stereocenters. The molecule has 1 aliphatic heterocycles. The first-order chi connectivity index (χ1) is 13.7. The fourth-order valence-electron chi connectivity index (χ4n) is 2.90. The second-order valence-corrected chi connectivity index (χ2v) is 7.48. The molecule has 0 aliphatic carbocycles. The van der Waals surface area contributed by atoms with Gasteiger partial charge in [0, 0.05) is 24.0 Å². The van der Waals surface area contributed by atoms with Crippen LogP contribution in [0.5, 0.6) is 0 Å². The van der Waals surface area contributed by atoms with Crippen molar-refractivity contribution in [2.75, 3.05) is 26.3 Å². The molecule has 3 rings (SSSR count). The molecular formula is C19H20F3N3O3S. The van der Waals surface area contributed by atoms with Gasteiger partial charge in [0.2, 0.25) is 11.8 Å². The van der Waals surface area contributed by atoms with Gasteiger partial charge in [-0.3, -0.25) is 9.59 Å². The molecule has 0 spiro atoms. The molecule has 10 heteroatoms. The predicted molar refractivity (Wildman–Crippen MR) is 101 cm³/mol. The molecule has 0 radical (unpaired) electrons. The molecule has 2 heterocycles. The molecule has 0 bridgehead atoms. The number of carbonyl (C=O) groups excluding carboxylic acids is 2. The number of thiazole rings is 1. The normalized spacial score (nSPS) is 15.8. The van der Waals surface area contributed by atoms with Gasteiger partial charge >= 0.3 is 6.18 Å². The highest BCUT2D eigenvalue weighted by molar-refractivity contribution is 7.13. The van der Waals surface area contributed by atoms with Gasteiger partial charge < -0.3 is 15.0 Å². The number of benzene rings is 1. The molecule has 1 aliphatic rings. The molecule has 2 aromatic rings. The monoisotopic (exact) mass is 427 g/mol. The second-order valence-electron chi connectivity index (χ2n) is 6.62. The van der Waals surface area contributed by atoms with Crippen molar-refractivity contribution in [3.63, 3.8) is 0 Å². The average Bonchev–Trinajstić information content (AvgIpc) is 3.15. The van der Waals surface area contributed by atoms with Crippen LogP contribution >= 0.6 is 11.3 Å². The van der Waals surface area contributed by atoms with Crippen molar-refractivity contribution >= 4 is 23.2 Å². The van der Waals surface area contributed by atoms with E-state index in [0.29, 0.717) is 42.6 Å². The smallest absolute Gasteiger partial charge is 0.378 e. The van der Waals surface area contributed by atoms with Gasteiger partial charge in [-0.05, 0) is 19.1 Å². The third kappa shape index (κ3) is 5.54. The van der Waals surface area contributed by atoms with Crippen molar-refractivity contribution in [3.8, 4) is 10.6 Å². The Hall–Kier alpha value is -2.46. The third-order valence-corrected chi connectivity index (χ3v) is 5.36. The lowest BCUT2D eigenvalue weighted by atomic mass is 10.1. The zero-order chi connectivity index (χ0) is 21.0. The van der Waals surface area contributed by atoms with Crippen molar-refractivity contribution < 1.29 is 27.5 Å². The predicted octanol–water partition coefficient (Wildman–Crippen LogP) is 2.73. The van der Waals surface area contributed by atoms with Crippen LogP contribution in [0.1, 0.15) is 18.2 Å². The zero-order valence-electron chi connectivity index (χ0n) is 15.7. The topological polar surface area (TPSA) is 71.5 Å². The fraction of sp³-hybridized carbons (Fsp3) is 0.421. The molecule has 156 valence electrons. The Bertz CT molecular complexity index is 862. The van der Waals surface area contributed by atoms with E-state index in [9.17, 15) is 22.8 Å². The van der Waals surface area contributed by atoms with E-state index in [0.717, 1.165) is 12.1 Å².